The number of nitrogens with zero attached hydrogens (tertiary/aromatic N) is 1. The minimum absolute atomic E-state index is 0.0336. The summed E-state index contributed by atoms with van der Waals surface area (Å²) in [6, 6.07) is 15.7. The lowest BCUT2D eigenvalue weighted by atomic mass is 10.1. The highest BCUT2D eigenvalue weighted by Crippen LogP contribution is 2.37. The van der Waals surface area contributed by atoms with E-state index in [1.54, 1.807) is 36.4 Å². The SMILES string of the molecule is COc1cc(C=C2NC(=O)N(CC(=O)Nc3cccc(C)c3)C2=O)cc(Cl)c1OCc1ccc(C(=O)O)cc1. The van der Waals surface area contributed by atoms with Crippen LogP contribution in [0.15, 0.2) is 66.4 Å². The minimum atomic E-state index is -1.03. The molecule has 1 saturated heterocycles. The third-order valence-corrected chi connectivity index (χ3v) is 5.99. The summed E-state index contributed by atoms with van der Waals surface area (Å²) in [6.07, 6.45) is 1.42. The van der Waals surface area contributed by atoms with Crippen molar-refractivity contribution < 1.29 is 33.8 Å². The summed E-state index contributed by atoms with van der Waals surface area (Å²) in [5.74, 6) is -1.68. The number of nitrogens with one attached hydrogen (secondary N) is 2. The summed E-state index contributed by atoms with van der Waals surface area (Å²) in [7, 11) is 1.42. The first-order valence-electron chi connectivity index (χ1n) is 11.7. The third kappa shape index (κ3) is 6.55. The Labute approximate surface area is 228 Å². The van der Waals surface area contributed by atoms with E-state index in [0.29, 0.717) is 11.3 Å². The normalized spacial score (nSPS) is 13.8. The number of rotatable bonds is 9. The standard InChI is InChI=1S/C28H24ClN3O7/c1-16-4-3-5-20(10-16)30-24(33)14-32-26(34)22(31-28(32)37)12-18-11-21(29)25(23(13-18)38-2)39-15-17-6-8-19(9-7-17)27(35)36/h3-13H,14-15H2,1-2H3,(H,30,33)(H,31,37)(H,35,36). The number of urea groups is 1. The van der Waals surface area contributed by atoms with Crippen molar-refractivity contribution >= 4 is 47.2 Å². The number of carboxylic acids is 1. The number of ether oxygens (including phenoxy) is 2. The molecule has 200 valence electrons. The third-order valence-electron chi connectivity index (χ3n) is 5.71. The van der Waals surface area contributed by atoms with E-state index in [1.807, 2.05) is 13.0 Å². The molecule has 4 amide bonds. The maximum Gasteiger partial charge on any atom is 0.335 e. The molecule has 4 rings (SSSR count). The molecule has 0 atom stereocenters. The number of benzene rings is 3. The van der Waals surface area contributed by atoms with Gasteiger partial charge in [-0.05, 0) is 66.1 Å². The number of hydrogen-bond acceptors (Lipinski definition) is 6. The van der Waals surface area contributed by atoms with Gasteiger partial charge in [0.25, 0.3) is 5.91 Å². The second-order valence-electron chi connectivity index (χ2n) is 8.62. The summed E-state index contributed by atoms with van der Waals surface area (Å²) in [5.41, 5.74) is 2.80. The van der Waals surface area contributed by atoms with Gasteiger partial charge in [-0.25, -0.2) is 14.5 Å². The molecule has 10 nitrogen and oxygen atoms in total. The van der Waals surface area contributed by atoms with Crippen LogP contribution in [0.3, 0.4) is 0 Å². The van der Waals surface area contributed by atoms with Crippen molar-refractivity contribution in [1.82, 2.24) is 10.2 Å². The Morgan fingerprint density at radius 3 is 2.51 bits per heavy atom. The number of carbonyl (C=O) groups is 4. The van der Waals surface area contributed by atoms with E-state index in [9.17, 15) is 19.2 Å². The Kier molecular flexibility index (Phi) is 8.16. The van der Waals surface area contributed by atoms with Crippen LogP contribution in [0, 0.1) is 6.92 Å². The molecule has 1 heterocycles. The fourth-order valence-corrected chi connectivity index (χ4v) is 4.08. The molecule has 1 aliphatic heterocycles. The smallest absolute Gasteiger partial charge is 0.335 e. The molecule has 11 heteroatoms. The van der Waals surface area contributed by atoms with E-state index >= 15 is 0 Å². The lowest BCUT2D eigenvalue weighted by Gasteiger charge is -2.14. The van der Waals surface area contributed by atoms with Gasteiger partial charge in [0.05, 0.1) is 17.7 Å². The van der Waals surface area contributed by atoms with Crippen molar-refractivity contribution in [1.29, 1.82) is 0 Å². The van der Waals surface area contributed by atoms with Gasteiger partial charge in [0.1, 0.15) is 18.8 Å². The summed E-state index contributed by atoms with van der Waals surface area (Å²) in [6.45, 7) is 1.52. The highest BCUT2D eigenvalue weighted by atomic mass is 35.5. The first kappa shape index (κ1) is 27.2. The molecule has 0 radical (unpaired) electrons. The Bertz CT molecular complexity index is 1480. The number of amides is 4. The van der Waals surface area contributed by atoms with Gasteiger partial charge in [0, 0.05) is 5.69 Å². The molecular formula is C28H24ClN3O7. The number of methoxy groups -OCH3 is 1. The van der Waals surface area contributed by atoms with Crippen LogP contribution < -0.4 is 20.1 Å². The fourth-order valence-electron chi connectivity index (χ4n) is 3.81. The first-order chi connectivity index (χ1) is 18.6. The molecule has 0 aliphatic carbocycles. The van der Waals surface area contributed by atoms with Crippen LogP contribution in [-0.4, -0.2) is 47.5 Å². The van der Waals surface area contributed by atoms with Gasteiger partial charge >= 0.3 is 12.0 Å². The Morgan fingerprint density at radius 1 is 1.10 bits per heavy atom. The minimum Gasteiger partial charge on any atom is -0.493 e. The van der Waals surface area contributed by atoms with E-state index < -0.39 is 30.4 Å². The predicted molar refractivity (Wildman–Crippen MR) is 144 cm³/mol. The number of imide groups is 1. The van der Waals surface area contributed by atoms with Crippen LogP contribution in [0.5, 0.6) is 11.5 Å². The van der Waals surface area contributed by atoms with E-state index in [1.165, 1.54) is 31.4 Å². The molecule has 1 fully saturated rings. The Hall–Kier alpha value is -4.83. The second kappa shape index (κ2) is 11.7. The van der Waals surface area contributed by atoms with Crippen LogP contribution in [0.2, 0.25) is 5.02 Å². The van der Waals surface area contributed by atoms with Gasteiger partial charge in [0.15, 0.2) is 11.5 Å². The van der Waals surface area contributed by atoms with Gasteiger partial charge < -0.3 is 25.2 Å². The van der Waals surface area contributed by atoms with Gasteiger partial charge in [-0.2, -0.15) is 0 Å². The number of hydrogen-bond donors (Lipinski definition) is 3. The second-order valence-corrected chi connectivity index (χ2v) is 9.03. The molecule has 39 heavy (non-hydrogen) atoms. The topological polar surface area (TPSA) is 134 Å². The van der Waals surface area contributed by atoms with Crippen LogP contribution in [0.4, 0.5) is 10.5 Å². The Morgan fingerprint density at radius 2 is 1.85 bits per heavy atom. The summed E-state index contributed by atoms with van der Waals surface area (Å²) < 4.78 is 11.2. The predicted octanol–water partition coefficient (Wildman–Crippen LogP) is 4.47. The molecule has 0 saturated carbocycles. The monoisotopic (exact) mass is 549 g/mol. The van der Waals surface area contributed by atoms with Gasteiger partial charge in [-0.15, -0.1) is 0 Å². The molecule has 3 aromatic rings. The zero-order chi connectivity index (χ0) is 28.1. The number of halogens is 1. The maximum absolute atomic E-state index is 12.9. The van der Waals surface area contributed by atoms with Crippen LogP contribution in [0.25, 0.3) is 6.08 Å². The zero-order valence-corrected chi connectivity index (χ0v) is 21.7. The van der Waals surface area contributed by atoms with Crippen molar-refractivity contribution in [2.75, 3.05) is 19.0 Å². The molecule has 3 N–H and O–H groups in total. The average Bonchev–Trinajstić information content (AvgIpc) is 3.15. The van der Waals surface area contributed by atoms with Crippen molar-refractivity contribution in [2.45, 2.75) is 13.5 Å². The molecular weight excluding hydrogens is 526 g/mol. The highest BCUT2D eigenvalue weighted by molar-refractivity contribution is 6.32. The average molecular weight is 550 g/mol. The number of aryl methyl sites for hydroxylation is 1. The van der Waals surface area contributed by atoms with Crippen molar-refractivity contribution in [2.24, 2.45) is 0 Å². The lowest BCUT2D eigenvalue weighted by molar-refractivity contribution is -0.127. The number of aromatic carboxylic acids is 1. The maximum atomic E-state index is 12.9. The largest absolute Gasteiger partial charge is 0.493 e. The quantitative estimate of drug-likeness (QED) is 0.265. The molecule has 0 aromatic heterocycles. The van der Waals surface area contributed by atoms with Crippen LogP contribution in [-0.2, 0) is 16.2 Å². The molecule has 0 spiro atoms. The van der Waals surface area contributed by atoms with Crippen molar-refractivity contribution in [3.63, 3.8) is 0 Å². The number of carbonyl (C=O) groups excluding carboxylic acids is 3. The summed E-state index contributed by atoms with van der Waals surface area (Å²) in [5, 5.41) is 14.4. The Balaban J connectivity index is 1.45. The molecule has 0 unspecified atom stereocenters. The number of anilines is 1. The van der Waals surface area contributed by atoms with E-state index in [0.717, 1.165) is 16.0 Å². The fraction of sp³-hybridized carbons (Fsp3) is 0.143. The molecule has 1 aliphatic rings. The summed E-state index contributed by atoms with van der Waals surface area (Å²) in [4.78, 5) is 49.5. The van der Waals surface area contributed by atoms with E-state index in [2.05, 4.69) is 10.6 Å². The molecule has 0 bridgehead atoms. The first-order valence-corrected chi connectivity index (χ1v) is 12.1. The van der Waals surface area contributed by atoms with E-state index in [4.69, 9.17) is 26.2 Å². The van der Waals surface area contributed by atoms with Crippen LogP contribution in [0.1, 0.15) is 27.0 Å². The van der Waals surface area contributed by atoms with Crippen LogP contribution >= 0.6 is 11.6 Å². The zero-order valence-electron chi connectivity index (χ0n) is 21.0. The number of carboxylic acid groups (broad SMARTS) is 1. The van der Waals surface area contributed by atoms with Crippen molar-refractivity contribution in [3.05, 3.63) is 93.6 Å². The lowest BCUT2D eigenvalue weighted by Crippen LogP contribution is -2.38. The van der Waals surface area contributed by atoms with Gasteiger partial charge in [0.2, 0.25) is 5.91 Å². The highest BCUT2D eigenvalue weighted by Gasteiger charge is 2.35. The summed E-state index contributed by atoms with van der Waals surface area (Å²) >= 11 is 6.43. The van der Waals surface area contributed by atoms with Gasteiger partial charge in [-0.1, -0.05) is 35.9 Å². The molecule has 3 aromatic carbocycles. The van der Waals surface area contributed by atoms with E-state index in [-0.39, 0.29) is 34.4 Å². The van der Waals surface area contributed by atoms with Gasteiger partial charge in [-0.3, -0.25) is 9.59 Å². The van der Waals surface area contributed by atoms with Crippen molar-refractivity contribution in [3.8, 4) is 11.5 Å².